The van der Waals surface area contributed by atoms with Crippen molar-refractivity contribution in [3.05, 3.63) is 0 Å². The lowest BCUT2D eigenvalue weighted by molar-refractivity contribution is 0.00836. The minimum atomic E-state index is 0.282. The van der Waals surface area contributed by atoms with Gasteiger partial charge in [0.15, 0.2) is 0 Å². The van der Waals surface area contributed by atoms with E-state index in [4.69, 9.17) is 5.21 Å². The Morgan fingerprint density at radius 3 is 2.00 bits per heavy atom. The van der Waals surface area contributed by atoms with Gasteiger partial charge < -0.3 is 0 Å². The Hall–Kier alpha value is -0.570. The van der Waals surface area contributed by atoms with Crippen LogP contribution in [0.5, 0.6) is 0 Å². The van der Waals surface area contributed by atoms with Crippen LogP contribution in [0.15, 0.2) is 4.99 Å². The lowest BCUT2D eigenvalue weighted by atomic mass is 10.2. The molecule has 0 aliphatic rings. The molecule has 0 aromatic heterocycles. The summed E-state index contributed by atoms with van der Waals surface area (Å²) < 4.78 is 0. The largest absolute Gasteiger partial charge is 0.288 e. The van der Waals surface area contributed by atoms with E-state index in [1.54, 1.807) is 14.1 Å². The van der Waals surface area contributed by atoms with Crippen LogP contribution in [0.2, 0.25) is 0 Å². The molecular formula is C6H14N2O. The number of hydrogen-bond donors (Lipinski definition) is 1. The molecule has 0 aliphatic heterocycles. The predicted molar refractivity (Wildman–Crippen MR) is 37.7 cm³/mol. The standard InChI is InChI=1S/C6H14N2O/c1-5(2)6(7-3)8(4)9/h5,9H,1-4H3/b7-6+. The fraction of sp³-hybridized carbons (Fsp3) is 0.833. The van der Waals surface area contributed by atoms with Gasteiger partial charge in [0.1, 0.15) is 5.84 Å². The molecular weight excluding hydrogens is 116 g/mol. The fourth-order valence-corrected chi connectivity index (χ4v) is 0.777. The Morgan fingerprint density at radius 2 is 2.00 bits per heavy atom. The Morgan fingerprint density at radius 1 is 1.56 bits per heavy atom. The molecule has 0 unspecified atom stereocenters. The van der Waals surface area contributed by atoms with E-state index in [1.807, 2.05) is 13.8 Å². The van der Waals surface area contributed by atoms with Crippen molar-refractivity contribution in [2.45, 2.75) is 13.8 Å². The highest BCUT2D eigenvalue weighted by molar-refractivity contribution is 5.82. The number of nitrogens with zero attached hydrogens (tertiary/aromatic N) is 2. The molecule has 0 saturated carbocycles. The molecule has 0 aromatic rings. The molecule has 0 aromatic carbocycles. The van der Waals surface area contributed by atoms with Crippen LogP contribution in [-0.4, -0.2) is 30.2 Å². The van der Waals surface area contributed by atoms with Crippen LogP contribution in [0.1, 0.15) is 13.8 Å². The van der Waals surface area contributed by atoms with E-state index in [1.165, 1.54) is 0 Å². The van der Waals surface area contributed by atoms with Crippen LogP contribution in [0.4, 0.5) is 0 Å². The van der Waals surface area contributed by atoms with E-state index in [0.717, 1.165) is 5.06 Å². The summed E-state index contributed by atoms with van der Waals surface area (Å²) in [5, 5.41) is 9.93. The number of rotatable bonds is 1. The van der Waals surface area contributed by atoms with E-state index >= 15 is 0 Å². The van der Waals surface area contributed by atoms with Crippen LogP contribution in [0.3, 0.4) is 0 Å². The van der Waals surface area contributed by atoms with E-state index in [2.05, 4.69) is 4.99 Å². The fourth-order valence-electron chi connectivity index (χ4n) is 0.777. The zero-order valence-electron chi connectivity index (χ0n) is 6.42. The highest BCUT2D eigenvalue weighted by Crippen LogP contribution is 1.97. The van der Waals surface area contributed by atoms with Gasteiger partial charge in [0.2, 0.25) is 0 Å². The second kappa shape index (κ2) is 3.45. The van der Waals surface area contributed by atoms with Gasteiger partial charge in [-0.15, -0.1) is 0 Å². The van der Waals surface area contributed by atoms with Crippen molar-refractivity contribution in [3.63, 3.8) is 0 Å². The summed E-state index contributed by atoms with van der Waals surface area (Å²) in [4.78, 5) is 3.88. The molecule has 54 valence electrons. The summed E-state index contributed by atoms with van der Waals surface area (Å²) in [5.74, 6) is 0.986. The Kier molecular flexibility index (Phi) is 3.24. The SMILES string of the molecule is C/N=C(\C(C)C)N(C)O. The lowest BCUT2D eigenvalue weighted by Gasteiger charge is -2.15. The molecule has 1 N–H and O–H groups in total. The topological polar surface area (TPSA) is 35.8 Å². The van der Waals surface area contributed by atoms with Crippen LogP contribution < -0.4 is 0 Å². The van der Waals surface area contributed by atoms with Crippen LogP contribution in [-0.2, 0) is 0 Å². The number of aliphatic imine (C=N–C) groups is 1. The van der Waals surface area contributed by atoms with Gasteiger partial charge in [-0.3, -0.25) is 10.2 Å². The maximum atomic E-state index is 8.89. The zero-order valence-corrected chi connectivity index (χ0v) is 6.42. The maximum Gasteiger partial charge on any atom is 0.125 e. The first-order valence-electron chi connectivity index (χ1n) is 2.99. The van der Waals surface area contributed by atoms with Crippen LogP contribution in [0.25, 0.3) is 0 Å². The number of amidine groups is 1. The predicted octanol–water partition coefficient (Wildman–Crippen LogP) is 0.992. The molecule has 0 heterocycles. The normalized spacial score (nSPS) is 12.4. The van der Waals surface area contributed by atoms with Gasteiger partial charge in [0, 0.05) is 20.0 Å². The average molecular weight is 130 g/mol. The van der Waals surface area contributed by atoms with Crippen molar-refractivity contribution in [2.24, 2.45) is 10.9 Å². The first-order chi connectivity index (χ1) is 4.09. The van der Waals surface area contributed by atoms with Gasteiger partial charge in [-0.2, -0.15) is 0 Å². The summed E-state index contributed by atoms with van der Waals surface area (Å²) in [6, 6.07) is 0. The van der Waals surface area contributed by atoms with Crippen molar-refractivity contribution < 1.29 is 5.21 Å². The third kappa shape index (κ3) is 2.46. The van der Waals surface area contributed by atoms with E-state index < -0.39 is 0 Å². The van der Waals surface area contributed by atoms with E-state index in [-0.39, 0.29) is 5.92 Å². The molecule has 0 rings (SSSR count). The summed E-state index contributed by atoms with van der Waals surface area (Å²) >= 11 is 0. The van der Waals surface area contributed by atoms with Gasteiger partial charge in [-0.25, -0.2) is 5.06 Å². The molecule has 0 amide bonds. The number of hydrogen-bond acceptors (Lipinski definition) is 2. The van der Waals surface area contributed by atoms with Gasteiger partial charge in [0.05, 0.1) is 0 Å². The molecule has 9 heavy (non-hydrogen) atoms. The van der Waals surface area contributed by atoms with Gasteiger partial charge in [0.25, 0.3) is 0 Å². The first-order valence-corrected chi connectivity index (χ1v) is 2.99. The third-order valence-electron chi connectivity index (χ3n) is 1.08. The smallest absolute Gasteiger partial charge is 0.125 e. The van der Waals surface area contributed by atoms with Crippen LogP contribution in [0, 0.1) is 5.92 Å². The molecule has 0 saturated heterocycles. The van der Waals surface area contributed by atoms with Gasteiger partial charge >= 0.3 is 0 Å². The van der Waals surface area contributed by atoms with Crippen molar-refractivity contribution in [3.8, 4) is 0 Å². The lowest BCUT2D eigenvalue weighted by Crippen LogP contribution is -2.27. The minimum Gasteiger partial charge on any atom is -0.288 e. The first kappa shape index (κ1) is 8.43. The van der Waals surface area contributed by atoms with Crippen molar-refractivity contribution in [2.75, 3.05) is 14.1 Å². The molecule has 3 nitrogen and oxygen atoms in total. The second-order valence-corrected chi connectivity index (χ2v) is 2.26. The Bertz CT molecular complexity index is 97.6. The monoisotopic (exact) mass is 130 g/mol. The van der Waals surface area contributed by atoms with Gasteiger partial charge in [-0.05, 0) is 0 Å². The molecule has 0 bridgehead atoms. The third-order valence-corrected chi connectivity index (χ3v) is 1.08. The van der Waals surface area contributed by atoms with E-state index in [9.17, 15) is 0 Å². The summed E-state index contributed by atoms with van der Waals surface area (Å²) in [7, 11) is 3.24. The van der Waals surface area contributed by atoms with Crippen LogP contribution >= 0.6 is 0 Å². The molecule has 0 radical (unpaired) electrons. The quantitative estimate of drug-likeness (QED) is 0.326. The minimum absolute atomic E-state index is 0.282. The highest BCUT2D eigenvalue weighted by atomic mass is 16.5. The average Bonchev–Trinajstić information content (AvgIpc) is 1.64. The van der Waals surface area contributed by atoms with Crippen molar-refractivity contribution >= 4 is 5.84 Å². The highest BCUT2D eigenvalue weighted by Gasteiger charge is 2.05. The molecule has 0 atom stereocenters. The molecule has 0 fully saturated rings. The van der Waals surface area contributed by atoms with Crippen molar-refractivity contribution in [1.82, 2.24) is 5.06 Å². The molecule has 3 heteroatoms. The Balaban J connectivity index is 4.01. The molecule has 0 spiro atoms. The second-order valence-electron chi connectivity index (χ2n) is 2.26. The summed E-state index contributed by atoms with van der Waals surface area (Å²) in [6.45, 7) is 3.96. The number of hydroxylamine groups is 2. The maximum absolute atomic E-state index is 8.89. The Labute approximate surface area is 56.0 Å². The molecule has 0 aliphatic carbocycles. The van der Waals surface area contributed by atoms with E-state index in [0.29, 0.717) is 5.84 Å². The summed E-state index contributed by atoms with van der Waals surface area (Å²) in [6.07, 6.45) is 0. The van der Waals surface area contributed by atoms with Gasteiger partial charge in [-0.1, -0.05) is 13.8 Å². The zero-order chi connectivity index (χ0) is 7.44. The van der Waals surface area contributed by atoms with Crippen molar-refractivity contribution in [1.29, 1.82) is 0 Å². The summed E-state index contributed by atoms with van der Waals surface area (Å²) in [5.41, 5.74) is 0.